The van der Waals surface area contributed by atoms with Crippen LogP contribution in [0.1, 0.15) is 6.42 Å². The van der Waals surface area contributed by atoms with Crippen molar-refractivity contribution in [3.63, 3.8) is 0 Å². The molecule has 1 unspecified atom stereocenters. The van der Waals surface area contributed by atoms with Crippen LogP contribution in [0.25, 0.3) is 0 Å². The number of methoxy groups -OCH3 is 1. The van der Waals surface area contributed by atoms with Gasteiger partial charge in [0.1, 0.15) is 5.54 Å². The van der Waals surface area contributed by atoms with E-state index in [4.69, 9.17) is 27.6 Å². The summed E-state index contributed by atoms with van der Waals surface area (Å²) in [5.74, 6) is 0.828. The van der Waals surface area contributed by atoms with Crippen molar-refractivity contribution in [2.45, 2.75) is 12.5 Å². The molecule has 3 nitrogen and oxygen atoms in total. The molecular formula is C6H15N2OPS2. The van der Waals surface area contributed by atoms with Crippen molar-refractivity contribution in [2.24, 2.45) is 11.0 Å². The first-order valence-electron chi connectivity index (χ1n) is 3.46. The van der Waals surface area contributed by atoms with E-state index in [1.165, 1.54) is 11.4 Å². The molecule has 0 spiro atoms. The summed E-state index contributed by atoms with van der Waals surface area (Å²) in [5, 5.41) is 0. The molecule has 0 aliphatic carbocycles. The molecule has 0 bridgehead atoms. The van der Waals surface area contributed by atoms with E-state index in [9.17, 15) is 0 Å². The van der Waals surface area contributed by atoms with Crippen LogP contribution in [0.2, 0.25) is 0 Å². The van der Waals surface area contributed by atoms with E-state index in [-0.39, 0.29) is 6.10 Å². The first kappa shape index (κ1) is 12.6. The summed E-state index contributed by atoms with van der Waals surface area (Å²) in [5.41, 5.74) is 8.93. The predicted octanol–water partition coefficient (Wildman–Crippen LogP) is 1.45. The first-order valence-corrected chi connectivity index (χ1v) is 8.00. The van der Waals surface area contributed by atoms with E-state index < -0.39 is 5.54 Å². The maximum atomic E-state index is 5.50. The highest BCUT2D eigenvalue weighted by atomic mass is 32.9. The van der Waals surface area contributed by atoms with Crippen molar-refractivity contribution in [1.82, 2.24) is 0 Å². The van der Waals surface area contributed by atoms with Gasteiger partial charge in [0.05, 0.1) is 6.10 Å². The summed E-state index contributed by atoms with van der Waals surface area (Å²) in [6, 6.07) is 0. The molecule has 0 heterocycles. The van der Waals surface area contributed by atoms with Gasteiger partial charge in [-0.25, -0.2) is 0 Å². The van der Waals surface area contributed by atoms with Crippen LogP contribution in [-0.2, 0) is 16.5 Å². The molecule has 0 aromatic carbocycles. The van der Waals surface area contributed by atoms with E-state index in [1.54, 1.807) is 13.2 Å². The fourth-order valence-electron chi connectivity index (χ4n) is 0.643. The summed E-state index contributed by atoms with van der Waals surface area (Å²) in [6.07, 6.45) is 2.70. The number of rotatable bonds is 6. The van der Waals surface area contributed by atoms with Gasteiger partial charge in [-0.05, 0) is 6.42 Å². The second kappa shape index (κ2) is 6.13. The van der Waals surface area contributed by atoms with Crippen molar-refractivity contribution >= 4 is 28.7 Å². The monoisotopic (exact) mass is 226 g/mol. The van der Waals surface area contributed by atoms with Crippen molar-refractivity contribution in [3.05, 3.63) is 12.7 Å². The lowest BCUT2D eigenvalue weighted by Crippen LogP contribution is -2.08. The largest absolute Gasteiger partial charge is 0.377 e. The highest BCUT2D eigenvalue weighted by molar-refractivity contribution is 8.69. The quantitative estimate of drug-likeness (QED) is 0.530. The molecule has 0 aromatic rings. The Hall–Kier alpha value is 0.620. The van der Waals surface area contributed by atoms with Gasteiger partial charge >= 0.3 is 0 Å². The molecule has 0 aliphatic heterocycles. The third-order valence-corrected chi connectivity index (χ3v) is 4.79. The molecule has 12 heavy (non-hydrogen) atoms. The van der Waals surface area contributed by atoms with E-state index in [0.717, 1.165) is 12.2 Å². The van der Waals surface area contributed by atoms with Crippen LogP contribution in [0.5, 0.6) is 0 Å². The Kier molecular flexibility index (Phi) is 6.45. The Balaban J connectivity index is 3.55. The summed E-state index contributed by atoms with van der Waals surface area (Å²) >= 11 is 6.32. The van der Waals surface area contributed by atoms with E-state index in [2.05, 4.69) is 6.58 Å². The van der Waals surface area contributed by atoms with E-state index in [1.807, 2.05) is 0 Å². The molecule has 0 radical (unpaired) electrons. The van der Waals surface area contributed by atoms with Gasteiger partial charge in [0.25, 0.3) is 0 Å². The molecule has 0 saturated carbocycles. The number of hydrogen-bond acceptors (Lipinski definition) is 3. The Morgan fingerprint density at radius 1 is 1.75 bits per heavy atom. The topological polar surface area (TPSA) is 61.3 Å². The van der Waals surface area contributed by atoms with Crippen molar-refractivity contribution in [1.29, 1.82) is 0 Å². The van der Waals surface area contributed by atoms with Gasteiger partial charge in [-0.2, -0.15) is 0 Å². The van der Waals surface area contributed by atoms with Gasteiger partial charge in [-0.3, -0.25) is 11.0 Å². The molecule has 4 N–H and O–H groups in total. The summed E-state index contributed by atoms with van der Waals surface area (Å²) in [4.78, 5) is 0. The van der Waals surface area contributed by atoms with Crippen LogP contribution in [-0.4, -0.2) is 19.0 Å². The molecule has 72 valence electrons. The average Bonchev–Trinajstić information content (AvgIpc) is 1.96. The molecule has 1 atom stereocenters. The van der Waals surface area contributed by atoms with Gasteiger partial charge < -0.3 is 4.74 Å². The van der Waals surface area contributed by atoms with Crippen molar-refractivity contribution in [3.8, 4) is 0 Å². The molecule has 0 rings (SSSR count). The molecule has 0 aliphatic rings. The zero-order valence-electron chi connectivity index (χ0n) is 7.10. The van der Waals surface area contributed by atoms with Gasteiger partial charge in [0.2, 0.25) is 0 Å². The normalized spacial score (nSPS) is 14.2. The first-order chi connectivity index (χ1) is 5.49. The van der Waals surface area contributed by atoms with Crippen LogP contribution in [0.15, 0.2) is 12.7 Å². The molecule has 0 amide bonds. The summed E-state index contributed by atoms with van der Waals surface area (Å²) in [6.45, 7) is 3.63. The molecule has 6 heteroatoms. The maximum absolute atomic E-state index is 5.50. The minimum absolute atomic E-state index is 0.0825. The Bertz CT molecular complexity index is 182. The van der Waals surface area contributed by atoms with E-state index in [0.29, 0.717) is 0 Å². The second-order valence-electron chi connectivity index (χ2n) is 2.28. The lowest BCUT2D eigenvalue weighted by atomic mass is 10.3. The van der Waals surface area contributed by atoms with Gasteiger partial charge in [0, 0.05) is 12.9 Å². The highest BCUT2D eigenvalue weighted by Crippen LogP contribution is 2.43. The zero-order valence-corrected chi connectivity index (χ0v) is 9.63. The van der Waals surface area contributed by atoms with Gasteiger partial charge in [-0.1, -0.05) is 29.3 Å². The molecular weight excluding hydrogens is 211 g/mol. The average molecular weight is 226 g/mol. The number of nitrogens with two attached hydrogens (primary N) is 2. The Morgan fingerprint density at radius 2 is 2.33 bits per heavy atom. The fourth-order valence-corrected chi connectivity index (χ4v) is 3.11. The van der Waals surface area contributed by atoms with Gasteiger partial charge in [0.15, 0.2) is 0 Å². The van der Waals surface area contributed by atoms with Crippen LogP contribution < -0.4 is 11.0 Å². The zero-order chi connectivity index (χ0) is 9.61. The third-order valence-electron chi connectivity index (χ3n) is 1.26. The number of ether oxygens (including phenoxy) is 1. The Morgan fingerprint density at radius 3 is 2.67 bits per heavy atom. The predicted molar refractivity (Wildman–Crippen MR) is 60.7 cm³/mol. The fraction of sp³-hybridized carbons (Fsp3) is 0.667. The Labute approximate surface area is 82.8 Å². The van der Waals surface area contributed by atoms with Crippen LogP contribution in [0.4, 0.5) is 0 Å². The van der Waals surface area contributed by atoms with Crippen molar-refractivity contribution in [2.75, 3.05) is 12.9 Å². The van der Waals surface area contributed by atoms with Crippen LogP contribution >= 0.6 is 16.9 Å². The van der Waals surface area contributed by atoms with Crippen molar-refractivity contribution < 1.29 is 4.74 Å². The third kappa shape index (κ3) is 7.28. The smallest absolute Gasteiger partial charge is 0.122 e. The SMILES string of the molecule is C=CC(CCSP(N)(N)=S)OC. The maximum Gasteiger partial charge on any atom is 0.122 e. The van der Waals surface area contributed by atoms with Gasteiger partial charge in [-0.15, -0.1) is 6.58 Å². The second-order valence-corrected chi connectivity index (χ2v) is 9.33. The van der Waals surface area contributed by atoms with E-state index >= 15 is 0 Å². The van der Waals surface area contributed by atoms with Crippen LogP contribution in [0.3, 0.4) is 0 Å². The summed E-state index contributed by atoms with van der Waals surface area (Å²) in [7, 11) is 1.65. The van der Waals surface area contributed by atoms with Crippen LogP contribution in [0, 0.1) is 0 Å². The molecule has 0 saturated heterocycles. The minimum Gasteiger partial charge on any atom is -0.377 e. The molecule has 0 fully saturated rings. The lowest BCUT2D eigenvalue weighted by Gasteiger charge is -2.12. The number of hydrogen-bond donors (Lipinski definition) is 2. The lowest BCUT2D eigenvalue weighted by molar-refractivity contribution is 0.139. The summed E-state index contributed by atoms with van der Waals surface area (Å²) < 4.78 is 5.08. The standard InChI is InChI=1S/C6H15N2OPS2/c1-3-6(9-2)4-5-12-10(7,8)11/h3,6H,1,4-5H2,2H3,(H4,7,8,11). The molecule has 0 aromatic heterocycles. The highest BCUT2D eigenvalue weighted by Gasteiger charge is 2.06. The minimum atomic E-state index is -2.08.